The van der Waals surface area contributed by atoms with Crippen molar-refractivity contribution in [1.82, 2.24) is 10.2 Å². The van der Waals surface area contributed by atoms with E-state index in [1.54, 1.807) is 0 Å². The van der Waals surface area contributed by atoms with Crippen LogP contribution in [0.3, 0.4) is 0 Å². The molecule has 0 radical (unpaired) electrons. The number of rotatable bonds is 5. The molecule has 0 bridgehead atoms. The summed E-state index contributed by atoms with van der Waals surface area (Å²) in [5, 5.41) is 3.62. The van der Waals surface area contributed by atoms with Gasteiger partial charge in [-0.3, -0.25) is 0 Å². The highest BCUT2D eigenvalue weighted by molar-refractivity contribution is 5.22. The standard InChI is InChI=1S/C16H26N2/c1-14-6-5-7-15(12-14)9-11-18(2)13-16-8-3-4-10-17-16/h5-7,12,16-17H,3-4,8-11,13H2,1-2H3. The van der Waals surface area contributed by atoms with Crippen LogP contribution in [0.4, 0.5) is 0 Å². The van der Waals surface area contributed by atoms with E-state index < -0.39 is 0 Å². The summed E-state index contributed by atoms with van der Waals surface area (Å²) in [5.74, 6) is 0. The zero-order valence-electron chi connectivity index (χ0n) is 11.8. The van der Waals surface area contributed by atoms with Crippen molar-refractivity contribution in [1.29, 1.82) is 0 Å². The second-order valence-electron chi connectivity index (χ2n) is 5.65. The van der Waals surface area contributed by atoms with E-state index in [0.29, 0.717) is 6.04 Å². The highest BCUT2D eigenvalue weighted by Gasteiger charge is 2.14. The van der Waals surface area contributed by atoms with E-state index in [9.17, 15) is 0 Å². The van der Waals surface area contributed by atoms with Crippen LogP contribution in [0.15, 0.2) is 24.3 Å². The Morgan fingerprint density at radius 1 is 1.33 bits per heavy atom. The molecular weight excluding hydrogens is 220 g/mol. The van der Waals surface area contributed by atoms with Crippen LogP contribution >= 0.6 is 0 Å². The summed E-state index contributed by atoms with van der Waals surface area (Å²) in [5.41, 5.74) is 2.82. The molecule has 0 aliphatic carbocycles. The average Bonchev–Trinajstić information content (AvgIpc) is 2.38. The van der Waals surface area contributed by atoms with E-state index in [-0.39, 0.29) is 0 Å². The van der Waals surface area contributed by atoms with Gasteiger partial charge in [0.1, 0.15) is 0 Å². The number of hydrogen-bond donors (Lipinski definition) is 1. The second kappa shape index (κ2) is 6.91. The lowest BCUT2D eigenvalue weighted by Crippen LogP contribution is -2.42. The molecule has 1 aliphatic rings. The highest BCUT2D eigenvalue weighted by Crippen LogP contribution is 2.09. The van der Waals surface area contributed by atoms with Crippen molar-refractivity contribution in [3.8, 4) is 0 Å². The van der Waals surface area contributed by atoms with Gasteiger partial charge in [-0.15, -0.1) is 0 Å². The molecule has 0 aromatic heterocycles. The first-order valence-electron chi connectivity index (χ1n) is 7.21. The van der Waals surface area contributed by atoms with Crippen LogP contribution in [-0.2, 0) is 6.42 Å². The van der Waals surface area contributed by atoms with Gasteiger partial charge in [0, 0.05) is 19.1 Å². The summed E-state index contributed by atoms with van der Waals surface area (Å²) >= 11 is 0. The van der Waals surface area contributed by atoms with Crippen molar-refractivity contribution in [2.24, 2.45) is 0 Å². The molecule has 0 spiro atoms. The molecule has 1 fully saturated rings. The molecule has 1 atom stereocenters. The lowest BCUT2D eigenvalue weighted by molar-refractivity contribution is 0.264. The van der Waals surface area contributed by atoms with Gasteiger partial charge in [0.15, 0.2) is 0 Å². The molecule has 2 rings (SSSR count). The smallest absolute Gasteiger partial charge is 0.0194 e. The third-order valence-electron chi connectivity index (χ3n) is 3.81. The van der Waals surface area contributed by atoms with Crippen molar-refractivity contribution in [3.05, 3.63) is 35.4 Å². The molecule has 2 heteroatoms. The van der Waals surface area contributed by atoms with Crippen molar-refractivity contribution in [2.45, 2.75) is 38.6 Å². The summed E-state index contributed by atoms with van der Waals surface area (Å²) in [6, 6.07) is 9.57. The van der Waals surface area contributed by atoms with Crippen LogP contribution in [0.2, 0.25) is 0 Å². The molecule has 1 heterocycles. The molecule has 0 saturated carbocycles. The first kappa shape index (κ1) is 13.6. The maximum atomic E-state index is 3.62. The van der Waals surface area contributed by atoms with E-state index in [0.717, 1.165) is 13.0 Å². The maximum absolute atomic E-state index is 3.62. The van der Waals surface area contributed by atoms with E-state index >= 15 is 0 Å². The molecule has 1 unspecified atom stereocenters. The Balaban J connectivity index is 1.72. The molecule has 100 valence electrons. The molecule has 18 heavy (non-hydrogen) atoms. The molecule has 1 saturated heterocycles. The summed E-state index contributed by atoms with van der Waals surface area (Å²) in [6.07, 6.45) is 5.24. The van der Waals surface area contributed by atoms with Crippen molar-refractivity contribution < 1.29 is 0 Å². The molecule has 1 aromatic rings. The Morgan fingerprint density at radius 2 is 2.22 bits per heavy atom. The minimum Gasteiger partial charge on any atom is -0.313 e. The second-order valence-corrected chi connectivity index (χ2v) is 5.65. The number of hydrogen-bond acceptors (Lipinski definition) is 2. The van der Waals surface area contributed by atoms with Crippen LogP contribution < -0.4 is 5.32 Å². The Hall–Kier alpha value is -0.860. The van der Waals surface area contributed by atoms with Crippen molar-refractivity contribution in [2.75, 3.05) is 26.7 Å². The molecule has 1 aliphatic heterocycles. The van der Waals surface area contributed by atoms with E-state index in [1.165, 1.54) is 43.5 Å². The topological polar surface area (TPSA) is 15.3 Å². The van der Waals surface area contributed by atoms with Gasteiger partial charge < -0.3 is 10.2 Å². The fraction of sp³-hybridized carbons (Fsp3) is 0.625. The van der Waals surface area contributed by atoms with Gasteiger partial charge in [-0.25, -0.2) is 0 Å². The molecule has 0 amide bonds. The van der Waals surface area contributed by atoms with Crippen LogP contribution in [0.25, 0.3) is 0 Å². The quantitative estimate of drug-likeness (QED) is 0.859. The Morgan fingerprint density at radius 3 is 2.94 bits per heavy atom. The van der Waals surface area contributed by atoms with Gasteiger partial charge in [-0.05, 0) is 45.3 Å². The summed E-state index contributed by atoms with van der Waals surface area (Å²) in [7, 11) is 2.24. The molecule has 2 nitrogen and oxygen atoms in total. The average molecular weight is 246 g/mol. The zero-order chi connectivity index (χ0) is 12.8. The SMILES string of the molecule is Cc1cccc(CCN(C)CC2CCCCN2)c1. The largest absolute Gasteiger partial charge is 0.313 e. The lowest BCUT2D eigenvalue weighted by Gasteiger charge is -2.28. The number of nitrogens with zero attached hydrogens (tertiary/aromatic N) is 1. The van der Waals surface area contributed by atoms with Gasteiger partial charge in [0.2, 0.25) is 0 Å². The summed E-state index contributed by atoms with van der Waals surface area (Å²) in [6.45, 7) is 5.71. The molecule has 1 N–H and O–H groups in total. The van der Waals surface area contributed by atoms with E-state index in [4.69, 9.17) is 0 Å². The number of piperidine rings is 1. The van der Waals surface area contributed by atoms with E-state index in [2.05, 4.69) is 48.5 Å². The first-order chi connectivity index (χ1) is 8.74. The fourth-order valence-corrected chi connectivity index (χ4v) is 2.73. The third-order valence-corrected chi connectivity index (χ3v) is 3.81. The first-order valence-corrected chi connectivity index (χ1v) is 7.21. The fourth-order valence-electron chi connectivity index (χ4n) is 2.73. The summed E-state index contributed by atoms with van der Waals surface area (Å²) in [4.78, 5) is 2.46. The van der Waals surface area contributed by atoms with E-state index in [1.807, 2.05) is 0 Å². The monoisotopic (exact) mass is 246 g/mol. The predicted octanol–water partition coefficient (Wildman–Crippen LogP) is 2.61. The normalized spacial score (nSPS) is 20.3. The van der Waals surface area contributed by atoms with Crippen LogP contribution in [-0.4, -0.2) is 37.6 Å². The predicted molar refractivity (Wildman–Crippen MR) is 78.0 cm³/mol. The minimum atomic E-state index is 0.709. The lowest BCUT2D eigenvalue weighted by atomic mass is 10.0. The van der Waals surface area contributed by atoms with Crippen molar-refractivity contribution in [3.63, 3.8) is 0 Å². The number of benzene rings is 1. The van der Waals surface area contributed by atoms with Crippen LogP contribution in [0, 0.1) is 6.92 Å². The van der Waals surface area contributed by atoms with Crippen LogP contribution in [0.5, 0.6) is 0 Å². The van der Waals surface area contributed by atoms with Gasteiger partial charge in [0.05, 0.1) is 0 Å². The van der Waals surface area contributed by atoms with Gasteiger partial charge >= 0.3 is 0 Å². The molecular formula is C16H26N2. The third kappa shape index (κ3) is 4.43. The van der Waals surface area contributed by atoms with Gasteiger partial charge in [-0.1, -0.05) is 36.2 Å². The number of likely N-dealkylation sites (N-methyl/N-ethyl adjacent to an activating group) is 1. The Labute approximate surface area is 111 Å². The zero-order valence-corrected chi connectivity index (χ0v) is 11.8. The van der Waals surface area contributed by atoms with Gasteiger partial charge in [0.25, 0.3) is 0 Å². The maximum Gasteiger partial charge on any atom is 0.0194 e. The Kier molecular flexibility index (Phi) is 5.21. The summed E-state index contributed by atoms with van der Waals surface area (Å²) < 4.78 is 0. The number of nitrogens with one attached hydrogen (secondary N) is 1. The number of aryl methyl sites for hydroxylation is 1. The van der Waals surface area contributed by atoms with Crippen molar-refractivity contribution >= 4 is 0 Å². The minimum absolute atomic E-state index is 0.709. The highest BCUT2D eigenvalue weighted by atomic mass is 15.1. The van der Waals surface area contributed by atoms with Gasteiger partial charge in [-0.2, -0.15) is 0 Å². The Bertz CT molecular complexity index is 356. The molecule has 1 aromatic carbocycles. The van der Waals surface area contributed by atoms with Crippen LogP contribution in [0.1, 0.15) is 30.4 Å².